The van der Waals surface area contributed by atoms with E-state index in [0.717, 1.165) is 12.8 Å². The number of unbranched alkanes of at least 4 members (excludes halogenated alkanes) is 1. The highest BCUT2D eigenvalue weighted by atomic mass is 19.1. The number of aliphatic hydroxyl groups excluding tert-OH is 1. The van der Waals surface area contributed by atoms with Crippen molar-refractivity contribution in [2.75, 3.05) is 7.11 Å². The Balaban J connectivity index is 2.79. The average molecular weight is 236 g/mol. The molecule has 17 heavy (non-hydrogen) atoms. The van der Waals surface area contributed by atoms with Gasteiger partial charge < -0.3 is 9.84 Å². The minimum absolute atomic E-state index is 0.363. The third-order valence-electron chi connectivity index (χ3n) is 2.37. The zero-order valence-corrected chi connectivity index (χ0v) is 10.2. The maximum atomic E-state index is 13.0. The van der Waals surface area contributed by atoms with E-state index >= 15 is 0 Å². The van der Waals surface area contributed by atoms with Crippen molar-refractivity contribution in [2.24, 2.45) is 0 Å². The minimum atomic E-state index is -0.664. The maximum absolute atomic E-state index is 13.0. The fourth-order valence-corrected chi connectivity index (χ4v) is 1.41. The lowest BCUT2D eigenvalue weighted by molar-refractivity contribution is 0.218. The molecule has 0 amide bonds. The highest BCUT2D eigenvalue weighted by molar-refractivity contribution is 5.46. The van der Waals surface area contributed by atoms with Crippen LogP contribution in [-0.2, 0) is 0 Å². The summed E-state index contributed by atoms with van der Waals surface area (Å²) in [6, 6.07) is 4.15. The molecule has 0 radical (unpaired) electrons. The van der Waals surface area contributed by atoms with Gasteiger partial charge in [0.15, 0.2) is 0 Å². The first kappa shape index (κ1) is 13.5. The summed E-state index contributed by atoms with van der Waals surface area (Å²) in [4.78, 5) is 0. The van der Waals surface area contributed by atoms with E-state index in [2.05, 4.69) is 18.8 Å². The van der Waals surface area contributed by atoms with Crippen molar-refractivity contribution in [2.45, 2.75) is 32.3 Å². The zero-order chi connectivity index (χ0) is 12.7. The molecule has 2 nitrogen and oxygen atoms in total. The molecule has 0 bridgehead atoms. The summed E-state index contributed by atoms with van der Waals surface area (Å²) in [7, 11) is 1.51. The van der Waals surface area contributed by atoms with E-state index < -0.39 is 6.10 Å². The Labute approximate surface area is 101 Å². The van der Waals surface area contributed by atoms with Crippen molar-refractivity contribution in [1.29, 1.82) is 0 Å². The van der Waals surface area contributed by atoms with Crippen molar-refractivity contribution in [3.05, 3.63) is 29.6 Å². The molecule has 0 aliphatic heterocycles. The summed E-state index contributed by atoms with van der Waals surface area (Å²) in [5.74, 6) is 5.60. The molecule has 0 heterocycles. The highest BCUT2D eigenvalue weighted by Gasteiger charge is 2.02. The number of halogens is 1. The van der Waals surface area contributed by atoms with Crippen molar-refractivity contribution < 1.29 is 14.2 Å². The van der Waals surface area contributed by atoms with E-state index in [1.54, 1.807) is 0 Å². The standard InChI is InChI=1S/C14H17FO2/c1-3-4-5-13(16)8-6-11-10-12(15)7-9-14(11)17-2/h7,9-10,13,16H,3-5H2,1-2H3. The van der Waals surface area contributed by atoms with Crippen LogP contribution >= 0.6 is 0 Å². The third-order valence-corrected chi connectivity index (χ3v) is 2.37. The molecule has 0 saturated heterocycles. The van der Waals surface area contributed by atoms with Crippen LogP contribution < -0.4 is 4.74 Å². The monoisotopic (exact) mass is 236 g/mol. The Kier molecular flexibility index (Phi) is 5.51. The third kappa shape index (κ3) is 4.46. The minimum Gasteiger partial charge on any atom is -0.495 e. The summed E-state index contributed by atoms with van der Waals surface area (Å²) < 4.78 is 18.1. The van der Waals surface area contributed by atoms with Crippen LogP contribution in [0.2, 0.25) is 0 Å². The van der Waals surface area contributed by atoms with Gasteiger partial charge in [-0.3, -0.25) is 0 Å². The van der Waals surface area contributed by atoms with Crippen LogP contribution in [0.5, 0.6) is 5.75 Å². The molecule has 1 unspecified atom stereocenters. The van der Waals surface area contributed by atoms with Gasteiger partial charge in [-0.1, -0.05) is 31.6 Å². The van der Waals surface area contributed by atoms with Gasteiger partial charge in [-0.05, 0) is 24.6 Å². The van der Waals surface area contributed by atoms with E-state index in [1.807, 2.05) is 0 Å². The molecule has 1 N–H and O–H groups in total. The van der Waals surface area contributed by atoms with E-state index in [0.29, 0.717) is 17.7 Å². The largest absolute Gasteiger partial charge is 0.495 e. The van der Waals surface area contributed by atoms with Crippen LogP contribution in [0.1, 0.15) is 31.7 Å². The van der Waals surface area contributed by atoms with Gasteiger partial charge in [-0.2, -0.15) is 0 Å². The summed E-state index contributed by atoms with van der Waals surface area (Å²) in [6.07, 6.45) is 1.92. The zero-order valence-electron chi connectivity index (χ0n) is 10.2. The van der Waals surface area contributed by atoms with Crippen molar-refractivity contribution in [3.63, 3.8) is 0 Å². The van der Waals surface area contributed by atoms with E-state index in [9.17, 15) is 9.50 Å². The molecule has 0 aromatic heterocycles. The lowest BCUT2D eigenvalue weighted by Crippen LogP contribution is -2.02. The topological polar surface area (TPSA) is 29.5 Å². The van der Waals surface area contributed by atoms with Crippen molar-refractivity contribution >= 4 is 0 Å². The predicted octanol–water partition coefficient (Wildman–Crippen LogP) is 2.74. The van der Waals surface area contributed by atoms with Gasteiger partial charge in [0.1, 0.15) is 17.7 Å². The van der Waals surface area contributed by atoms with Crippen molar-refractivity contribution in [1.82, 2.24) is 0 Å². The quantitative estimate of drug-likeness (QED) is 0.814. The first-order valence-corrected chi connectivity index (χ1v) is 5.70. The van der Waals surface area contributed by atoms with Crippen LogP contribution in [0.3, 0.4) is 0 Å². The van der Waals surface area contributed by atoms with Crippen LogP contribution in [0, 0.1) is 17.7 Å². The molecule has 92 valence electrons. The fourth-order valence-electron chi connectivity index (χ4n) is 1.41. The van der Waals surface area contributed by atoms with E-state index in [4.69, 9.17) is 4.74 Å². The number of rotatable bonds is 4. The predicted molar refractivity (Wildman–Crippen MR) is 65.4 cm³/mol. The molecule has 1 rings (SSSR count). The Hall–Kier alpha value is -1.53. The molecule has 3 heteroatoms. The maximum Gasteiger partial charge on any atom is 0.134 e. The Morgan fingerprint density at radius 2 is 2.24 bits per heavy atom. The van der Waals surface area contributed by atoms with Gasteiger partial charge in [-0.15, -0.1) is 0 Å². The smallest absolute Gasteiger partial charge is 0.134 e. The lowest BCUT2D eigenvalue weighted by atomic mass is 10.1. The van der Waals surface area contributed by atoms with Crippen molar-refractivity contribution in [3.8, 4) is 17.6 Å². The first-order chi connectivity index (χ1) is 8.17. The van der Waals surface area contributed by atoms with Gasteiger partial charge in [0, 0.05) is 0 Å². The fraction of sp³-hybridized carbons (Fsp3) is 0.429. The molecule has 0 fully saturated rings. The second kappa shape index (κ2) is 6.93. The van der Waals surface area contributed by atoms with Crippen LogP contribution in [-0.4, -0.2) is 18.3 Å². The normalized spacial score (nSPS) is 11.5. The molecule has 0 aliphatic carbocycles. The van der Waals surface area contributed by atoms with Gasteiger partial charge >= 0.3 is 0 Å². The lowest BCUT2D eigenvalue weighted by Gasteiger charge is -2.03. The van der Waals surface area contributed by atoms with E-state index in [1.165, 1.54) is 25.3 Å². The second-order valence-corrected chi connectivity index (χ2v) is 3.77. The van der Waals surface area contributed by atoms with Gasteiger partial charge in [0.05, 0.1) is 12.7 Å². The number of ether oxygens (including phenoxy) is 1. The van der Waals surface area contributed by atoms with Crippen LogP contribution in [0.15, 0.2) is 18.2 Å². The number of hydrogen-bond acceptors (Lipinski definition) is 2. The summed E-state index contributed by atoms with van der Waals surface area (Å²) in [6.45, 7) is 2.05. The van der Waals surface area contributed by atoms with Crippen LogP contribution in [0.25, 0.3) is 0 Å². The summed E-state index contributed by atoms with van der Waals surface area (Å²) in [5, 5.41) is 9.57. The highest BCUT2D eigenvalue weighted by Crippen LogP contribution is 2.18. The Morgan fingerprint density at radius 1 is 1.47 bits per heavy atom. The van der Waals surface area contributed by atoms with Crippen LogP contribution in [0.4, 0.5) is 4.39 Å². The van der Waals surface area contributed by atoms with Gasteiger partial charge in [0.2, 0.25) is 0 Å². The molecule has 1 aromatic carbocycles. The summed E-state index contributed by atoms with van der Waals surface area (Å²) >= 11 is 0. The van der Waals surface area contributed by atoms with E-state index in [-0.39, 0.29) is 5.82 Å². The molecular weight excluding hydrogens is 219 g/mol. The second-order valence-electron chi connectivity index (χ2n) is 3.77. The molecule has 0 saturated carbocycles. The number of benzene rings is 1. The summed E-state index contributed by atoms with van der Waals surface area (Å²) in [5.41, 5.74) is 0.461. The molecule has 0 aliphatic rings. The Morgan fingerprint density at radius 3 is 2.88 bits per heavy atom. The first-order valence-electron chi connectivity index (χ1n) is 5.70. The number of aliphatic hydroxyl groups is 1. The molecule has 1 atom stereocenters. The number of methoxy groups -OCH3 is 1. The SMILES string of the molecule is CCCCC(O)C#Cc1cc(F)ccc1OC. The molecular formula is C14H17FO2. The van der Waals surface area contributed by atoms with Gasteiger partial charge in [-0.25, -0.2) is 4.39 Å². The molecule has 1 aromatic rings. The Bertz CT molecular complexity index is 418. The molecule has 0 spiro atoms. The average Bonchev–Trinajstić information content (AvgIpc) is 2.34. The van der Waals surface area contributed by atoms with Gasteiger partial charge in [0.25, 0.3) is 0 Å². The number of hydrogen-bond donors (Lipinski definition) is 1.